The molecule has 1 heterocycles. The molecule has 2 rings (SSSR count). The van der Waals surface area contributed by atoms with Gasteiger partial charge in [0.05, 0.1) is 26.6 Å². The van der Waals surface area contributed by atoms with Crippen molar-refractivity contribution in [3.05, 3.63) is 39.6 Å². The Morgan fingerprint density at radius 3 is 2.82 bits per heavy atom. The number of aryl methyl sites for hydroxylation is 1. The number of aromatic nitrogens is 1. The van der Waals surface area contributed by atoms with E-state index in [1.165, 1.54) is 11.8 Å². The van der Waals surface area contributed by atoms with Crippen LogP contribution in [-0.2, 0) is 0 Å². The van der Waals surface area contributed by atoms with E-state index in [-0.39, 0.29) is 16.6 Å². The lowest BCUT2D eigenvalue weighted by Crippen LogP contribution is -2.20. The number of rotatable bonds is 7. The third-order valence-electron chi connectivity index (χ3n) is 3.05. The topological polar surface area (TPSA) is 118 Å². The third-order valence-corrected chi connectivity index (χ3v) is 5.36. The summed E-state index contributed by atoms with van der Waals surface area (Å²) in [6.45, 7) is 0.0664. The fourth-order valence-electron chi connectivity index (χ4n) is 1.94. The molecule has 28 heavy (non-hydrogen) atoms. The van der Waals surface area contributed by atoms with Crippen LogP contribution in [0.15, 0.2) is 22.4 Å². The van der Waals surface area contributed by atoms with Gasteiger partial charge in [-0.2, -0.15) is 18.4 Å². The molecule has 0 saturated carbocycles. The number of nitro benzene ring substituents is 1. The standard InChI is InChI=1S/C15H11F3N4O4S2/c1-8-13(27-5-4-19)28-14(20-8)21-12(23)10-6-9(26-7-15(16,17)18)2-3-11(10)22(24)25/h2-3,6H,5,7H2,1H3,(H,20,21,23). The molecular weight excluding hydrogens is 421 g/mol. The van der Waals surface area contributed by atoms with Crippen molar-refractivity contribution in [2.75, 3.05) is 17.7 Å². The summed E-state index contributed by atoms with van der Waals surface area (Å²) in [5, 5.41) is 22.3. The highest BCUT2D eigenvalue weighted by Gasteiger charge is 2.29. The number of carbonyl (C=O) groups is 1. The Labute approximate surface area is 164 Å². The molecule has 8 nitrogen and oxygen atoms in total. The summed E-state index contributed by atoms with van der Waals surface area (Å²) in [6.07, 6.45) is -4.60. The van der Waals surface area contributed by atoms with Crippen molar-refractivity contribution in [2.45, 2.75) is 17.3 Å². The molecule has 0 unspecified atom stereocenters. The third kappa shape index (κ3) is 5.83. The molecule has 0 bridgehead atoms. The molecule has 1 aromatic heterocycles. The van der Waals surface area contributed by atoms with Gasteiger partial charge in [-0.05, 0) is 19.1 Å². The summed E-state index contributed by atoms with van der Waals surface area (Å²) in [4.78, 5) is 26.9. The van der Waals surface area contributed by atoms with E-state index < -0.39 is 34.9 Å². The van der Waals surface area contributed by atoms with Crippen molar-refractivity contribution in [3.63, 3.8) is 0 Å². The number of thioether (sulfide) groups is 1. The first-order valence-electron chi connectivity index (χ1n) is 7.37. The van der Waals surface area contributed by atoms with E-state index in [1.807, 2.05) is 6.07 Å². The Morgan fingerprint density at radius 1 is 1.50 bits per heavy atom. The number of alkyl halides is 3. The van der Waals surface area contributed by atoms with Gasteiger partial charge < -0.3 is 4.74 Å². The van der Waals surface area contributed by atoms with Crippen LogP contribution in [0.4, 0.5) is 24.0 Å². The van der Waals surface area contributed by atoms with Gasteiger partial charge in [0.25, 0.3) is 11.6 Å². The monoisotopic (exact) mass is 432 g/mol. The Hall–Kier alpha value is -2.85. The number of thiazole rings is 1. The Morgan fingerprint density at radius 2 is 2.21 bits per heavy atom. The zero-order valence-electron chi connectivity index (χ0n) is 14.1. The summed E-state index contributed by atoms with van der Waals surface area (Å²) in [5.41, 5.74) is -0.495. The molecule has 0 atom stereocenters. The number of nitrogens with one attached hydrogen (secondary N) is 1. The summed E-state index contributed by atoms with van der Waals surface area (Å²) in [7, 11) is 0. The number of anilines is 1. The SMILES string of the molecule is Cc1nc(NC(=O)c2cc(OCC(F)(F)F)ccc2[N+](=O)[O-])sc1SCC#N. The minimum Gasteiger partial charge on any atom is -0.484 e. The molecule has 1 aromatic carbocycles. The van der Waals surface area contributed by atoms with Gasteiger partial charge in [-0.1, -0.05) is 23.1 Å². The number of ether oxygens (including phenoxy) is 1. The first-order chi connectivity index (χ1) is 13.1. The van der Waals surface area contributed by atoms with E-state index in [0.717, 1.165) is 29.5 Å². The minimum atomic E-state index is -4.60. The second kappa shape index (κ2) is 8.89. The van der Waals surface area contributed by atoms with Crippen LogP contribution < -0.4 is 10.1 Å². The van der Waals surface area contributed by atoms with Crippen LogP contribution in [0.25, 0.3) is 0 Å². The Bertz CT molecular complexity index is 940. The predicted molar refractivity (Wildman–Crippen MR) is 95.8 cm³/mol. The van der Waals surface area contributed by atoms with Crippen molar-refractivity contribution in [2.24, 2.45) is 0 Å². The predicted octanol–water partition coefficient (Wildman–Crippen LogP) is 4.17. The highest BCUT2D eigenvalue weighted by atomic mass is 32.2. The fourth-order valence-corrected chi connectivity index (χ4v) is 3.74. The summed E-state index contributed by atoms with van der Waals surface area (Å²) < 4.78 is 42.1. The molecule has 0 saturated heterocycles. The molecule has 0 fully saturated rings. The number of amides is 1. The second-order valence-corrected chi connectivity index (χ2v) is 7.38. The van der Waals surface area contributed by atoms with Crippen molar-refractivity contribution < 1.29 is 27.6 Å². The lowest BCUT2D eigenvalue weighted by Gasteiger charge is -2.10. The number of halogens is 3. The highest BCUT2D eigenvalue weighted by Crippen LogP contribution is 2.33. The fraction of sp³-hybridized carbons (Fsp3) is 0.267. The van der Waals surface area contributed by atoms with E-state index in [0.29, 0.717) is 9.90 Å². The van der Waals surface area contributed by atoms with Gasteiger partial charge in [0.1, 0.15) is 11.3 Å². The zero-order chi connectivity index (χ0) is 20.9. The van der Waals surface area contributed by atoms with Gasteiger partial charge in [-0.3, -0.25) is 20.2 Å². The number of hydrogen-bond donors (Lipinski definition) is 1. The lowest BCUT2D eigenvalue weighted by atomic mass is 10.1. The molecule has 0 aliphatic heterocycles. The van der Waals surface area contributed by atoms with Crippen LogP contribution in [0.2, 0.25) is 0 Å². The molecule has 1 amide bonds. The van der Waals surface area contributed by atoms with Gasteiger partial charge in [-0.25, -0.2) is 4.98 Å². The van der Waals surface area contributed by atoms with Crippen LogP contribution in [0.3, 0.4) is 0 Å². The summed E-state index contributed by atoms with van der Waals surface area (Å²) in [6, 6.07) is 4.69. The summed E-state index contributed by atoms with van der Waals surface area (Å²) in [5.74, 6) is -1.08. The van der Waals surface area contributed by atoms with Crippen molar-refractivity contribution in [1.29, 1.82) is 5.26 Å². The molecule has 148 valence electrons. The number of carbonyl (C=O) groups excluding carboxylic acids is 1. The van der Waals surface area contributed by atoms with E-state index >= 15 is 0 Å². The number of nitro groups is 1. The average Bonchev–Trinajstić information content (AvgIpc) is 2.96. The van der Waals surface area contributed by atoms with Crippen LogP contribution in [0, 0.1) is 28.4 Å². The molecule has 1 N–H and O–H groups in total. The van der Waals surface area contributed by atoms with Gasteiger partial charge in [0.15, 0.2) is 11.7 Å². The number of hydrogen-bond acceptors (Lipinski definition) is 8. The van der Waals surface area contributed by atoms with Crippen LogP contribution in [0.5, 0.6) is 5.75 Å². The minimum absolute atomic E-state index is 0.138. The lowest BCUT2D eigenvalue weighted by molar-refractivity contribution is -0.385. The van der Waals surface area contributed by atoms with Crippen molar-refractivity contribution >= 4 is 39.8 Å². The number of benzene rings is 1. The van der Waals surface area contributed by atoms with Crippen LogP contribution in [0.1, 0.15) is 16.1 Å². The first-order valence-corrected chi connectivity index (χ1v) is 9.17. The Kier molecular flexibility index (Phi) is 6.81. The second-order valence-electron chi connectivity index (χ2n) is 5.13. The smallest absolute Gasteiger partial charge is 0.422 e. The molecule has 0 spiro atoms. The van der Waals surface area contributed by atoms with Crippen molar-refractivity contribution in [3.8, 4) is 11.8 Å². The number of nitriles is 1. The first kappa shape index (κ1) is 21.5. The van der Waals surface area contributed by atoms with Gasteiger partial charge >= 0.3 is 6.18 Å². The molecule has 2 aromatic rings. The highest BCUT2D eigenvalue weighted by molar-refractivity contribution is 8.01. The van der Waals surface area contributed by atoms with Gasteiger partial charge in [-0.15, -0.1) is 0 Å². The quantitative estimate of drug-likeness (QED) is 0.396. The molecular formula is C15H11F3N4O4S2. The molecule has 13 heteroatoms. The van der Waals surface area contributed by atoms with E-state index in [2.05, 4.69) is 15.0 Å². The largest absolute Gasteiger partial charge is 0.484 e. The summed E-state index contributed by atoms with van der Waals surface area (Å²) >= 11 is 2.29. The average molecular weight is 432 g/mol. The van der Waals surface area contributed by atoms with Gasteiger partial charge in [0, 0.05) is 6.07 Å². The van der Waals surface area contributed by atoms with Crippen LogP contribution >= 0.6 is 23.1 Å². The van der Waals surface area contributed by atoms with Gasteiger partial charge in [0.2, 0.25) is 0 Å². The number of nitrogens with zero attached hydrogens (tertiary/aromatic N) is 3. The molecule has 0 radical (unpaired) electrons. The zero-order valence-corrected chi connectivity index (χ0v) is 15.7. The van der Waals surface area contributed by atoms with E-state index in [4.69, 9.17) is 5.26 Å². The molecule has 0 aliphatic rings. The van der Waals surface area contributed by atoms with Crippen LogP contribution in [-0.4, -0.2) is 34.4 Å². The molecule has 0 aliphatic carbocycles. The normalized spacial score (nSPS) is 11.0. The van der Waals surface area contributed by atoms with E-state index in [1.54, 1.807) is 6.92 Å². The maximum atomic E-state index is 12.4. The Balaban J connectivity index is 2.25. The maximum Gasteiger partial charge on any atom is 0.422 e. The maximum absolute atomic E-state index is 12.4. The van der Waals surface area contributed by atoms with Crippen molar-refractivity contribution in [1.82, 2.24) is 4.98 Å². The van der Waals surface area contributed by atoms with E-state index in [9.17, 15) is 28.1 Å².